The van der Waals surface area contributed by atoms with E-state index in [0.29, 0.717) is 6.42 Å². The first-order chi connectivity index (χ1) is 8.56. The first-order valence-electron chi connectivity index (χ1n) is 6.17. The lowest BCUT2D eigenvalue weighted by molar-refractivity contribution is -0.140. The number of methoxy groups -OCH3 is 1. The minimum Gasteiger partial charge on any atom is -0.469 e. The van der Waals surface area contributed by atoms with Crippen molar-refractivity contribution < 1.29 is 9.53 Å². The van der Waals surface area contributed by atoms with E-state index in [2.05, 4.69) is 37.6 Å². The van der Waals surface area contributed by atoms with Gasteiger partial charge < -0.3 is 9.30 Å². The Balaban J connectivity index is 2.50. The molecule has 0 radical (unpaired) electrons. The fourth-order valence-electron chi connectivity index (χ4n) is 2.61. The van der Waals surface area contributed by atoms with Gasteiger partial charge in [-0.1, -0.05) is 25.1 Å². The van der Waals surface area contributed by atoms with Gasteiger partial charge in [-0.05, 0) is 24.5 Å². The molecule has 96 valence electrons. The van der Waals surface area contributed by atoms with E-state index in [1.807, 2.05) is 12.1 Å². The van der Waals surface area contributed by atoms with Gasteiger partial charge in [0.1, 0.15) is 0 Å². The molecule has 0 spiro atoms. The number of para-hydroxylation sites is 1. The molecule has 1 heterocycles. The van der Waals surface area contributed by atoms with Crippen LogP contribution in [-0.2, 0) is 16.6 Å². The summed E-state index contributed by atoms with van der Waals surface area (Å²) in [7, 11) is 3.50. The van der Waals surface area contributed by atoms with Crippen LogP contribution in [0, 0.1) is 6.92 Å². The summed E-state index contributed by atoms with van der Waals surface area (Å²) in [5, 5.41) is 1.23. The van der Waals surface area contributed by atoms with Crippen LogP contribution in [0.25, 0.3) is 10.9 Å². The predicted octanol–water partition coefficient (Wildman–Crippen LogP) is 3.15. The molecule has 1 atom stereocenters. The Hall–Kier alpha value is -1.77. The van der Waals surface area contributed by atoms with Crippen molar-refractivity contribution in [3.05, 3.63) is 35.5 Å². The van der Waals surface area contributed by atoms with Crippen LogP contribution in [0.5, 0.6) is 0 Å². The molecule has 0 saturated heterocycles. The molecule has 0 N–H and O–H groups in total. The van der Waals surface area contributed by atoms with Crippen LogP contribution >= 0.6 is 0 Å². The van der Waals surface area contributed by atoms with Gasteiger partial charge in [0.05, 0.1) is 13.5 Å². The minimum absolute atomic E-state index is 0.158. The fraction of sp³-hybridized carbons (Fsp3) is 0.400. The van der Waals surface area contributed by atoms with E-state index >= 15 is 0 Å². The molecule has 1 aromatic heterocycles. The third-order valence-corrected chi connectivity index (χ3v) is 3.64. The highest BCUT2D eigenvalue weighted by atomic mass is 16.5. The predicted molar refractivity (Wildman–Crippen MR) is 72.7 cm³/mol. The van der Waals surface area contributed by atoms with E-state index in [-0.39, 0.29) is 11.9 Å². The quantitative estimate of drug-likeness (QED) is 0.778. The minimum atomic E-state index is -0.158. The van der Waals surface area contributed by atoms with Crippen molar-refractivity contribution in [2.45, 2.75) is 26.2 Å². The second-order valence-electron chi connectivity index (χ2n) is 4.76. The summed E-state index contributed by atoms with van der Waals surface area (Å²) in [5.41, 5.74) is 3.67. The van der Waals surface area contributed by atoms with Crippen molar-refractivity contribution in [1.82, 2.24) is 4.57 Å². The third kappa shape index (κ3) is 2.01. The molecule has 2 rings (SSSR count). The monoisotopic (exact) mass is 245 g/mol. The number of fused-ring (bicyclic) bond motifs is 1. The summed E-state index contributed by atoms with van der Waals surface area (Å²) in [6.07, 6.45) is 0.422. The van der Waals surface area contributed by atoms with E-state index in [9.17, 15) is 4.79 Å². The fourth-order valence-corrected chi connectivity index (χ4v) is 2.61. The number of benzene rings is 1. The van der Waals surface area contributed by atoms with Crippen LogP contribution in [0.3, 0.4) is 0 Å². The Morgan fingerprint density at radius 2 is 2.06 bits per heavy atom. The number of hydrogen-bond donors (Lipinski definition) is 0. The molecule has 1 aromatic carbocycles. The second-order valence-corrected chi connectivity index (χ2v) is 4.76. The summed E-state index contributed by atoms with van der Waals surface area (Å²) in [6, 6.07) is 8.30. The van der Waals surface area contributed by atoms with Gasteiger partial charge in [0.2, 0.25) is 0 Å². The average Bonchev–Trinajstić information content (AvgIpc) is 2.62. The van der Waals surface area contributed by atoms with Gasteiger partial charge in [-0.15, -0.1) is 0 Å². The number of ether oxygens (including phenoxy) is 1. The average molecular weight is 245 g/mol. The topological polar surface area (TPSA) is 31.2 Å². The zero-order valence-corrected chi connectivity index (χ0v) is 11.4. The summed E-state index contributed by atoms with van der Waals surface area (Å²) in [6.45, 7) is 4.18. The molecule has 0 aliphatic carbocycles. The maximum absolute atomic E-state index is 11.4. The molecule has 0 amide bonds. The van der Waals surface area contributed by atoms with Gasteiger partial charge in [0.15, 0.2) is 0 Å². The number of nitrogens with zero attached hydrogens (tertiary/aromatic N) is 1. The lowest BCUT2D eigenvalue weighted by Crippen LogP contribution is -2.07. The Labute approximate surface area is 107 Å². The van der Waals surface area contributed by atoms with Gasteiger partial charge in [-0.2, -0.15) is 0 Å². The molecule has 0 saturated carbocycles. The third-order valence-electron chi connectivity index (χ3n) is 3.64. The van der Waals surface area contributed by atoms with Crippen molar-refractivity contribution in [2.75, 3.05) is 7.11 Å². The Bertz CT molecular complexity index is 583. The van der Waals surface area contributed by atoms with E-state index in [1.165, 1.54) is 29.3 Å². The number of esters is 1. The highest BCUT2D eigenvalue weighted by Crippen LogP contribution is 2.32. The van der Waals surface area contributed by atoms with Gasteiger partial charge in [0.25, 0.3) is 0 Å². The molecule has 3 nitrogen and oxygen atoms in total. The Morgan fingerprint density at radius 1 is 1.39 bits per heavy atom. The van der Waals surface area contributed by atoms with E-state index in [1.54, 1.807) is 0 Å². The molecular formula is C15H19NO2. The van der Waals surface area contributed by atoms with Crippen LogP contribution < -0.4 is 0 Å². The summed E-state index contributed by atoms with van der Waals surface area (Å²) < 4.78 is 6.93. The van der Waals surface area contributed by atoms with Gasteiger partial charge in [-0.25, -0.2) is 0 Å². The van der Waals surface area contributed by atoms with Crippen molar-refractivity contribution in [3.8, 4) is 0 Å². The van der Waals surface area contributed by atoms with Gasteiger partial charge in [-0.3, -0.25) is 4.79 Å². The number of aromatic nitrogens is 1. The number of rotatable bonds is 3. The Morgan fingerprint density at radius 3 is 2.72 bits per heavy atom. The lowest BCUT2D eigenvalue weighted by Gasteiger charge is -2.11. The SMILES string of the molecule is COC(=O)C[C@H](C)c1c(C)n(C)c2ccccc12. The number of aryl methyl sites for hydroxylation is 1. The molecule has 2 aromatic rings. The largest absolute Gasteiger partial charge is 0.469 e. The number of carbonyl (C=O) groups is 1. The van der Waals surface area contributed by atoms with E-state index in [4.69, 9.17) is 4.74 Å². The van der Waals surface area contributed by atoms with Gasteiger partial charge in [0, 0.05) is 23.6 Å². The standard InChI is InChI=1S/C15H19NO2/c1-10(9-14(17)18-4)15-11(2)16(3)13-8-6-5-7-12(13)15/h5-8,10H,9H2,1-4H3/t10-/m0/s1. The second kappa shape index (κ2) is 4.84. The normalized spacial score (nSPS) is 12.7. The zero-order valence-electron chi connectivity index (χ0n) is 11.4. The van der Waals surface area contributed by atoms with Crippen LogP contribution in [0.4, 0.5) is 0 Å². The molecule has 3 heteroatoms. The zero-order chi connectivity index (χ0) is 13.3. The maximum atomic E-state index is 11.4. The molecule has 0 bridgehead atoms. The molecular weight excluding hydrogens is 226 g/mol. The maximum Gasteiger partial charge on any atom is 0.306 e. The van der Waals surface area contributed by atoms with Crippen LogP contribution in [0.15, 0.2) is 24.3 Å². The van der Waals surface area contributed by atoms with Crippen LogP contribution in [0.2, 0.25) is 0 Å². The number of hydrogen-bond acceptors (Lipinski definition) is 2. The van der Waals surface area contributed by atoms with Crippen LogP contribution in [0.1, 0.15) is 30.5 Å². The molecule has 18 heavy (non-hydrogen) atoms. The van der Waals surface area contributed by atoms with Crippen molar-refractivity contribution in [2.24, 2.45) is 7.05 Å². The van der Waals surface area contributed by atoms with Crippen LogP contribution in [-0.4, -0.2) is 17.6 Å². The highest BCUT2D eigenvalue weighted by molar-refractivity contribution is 5.86. The van der Waals surface area contributed by atoms with Crippen molar-refractivity contribution in [1.29, 1.82) is 0 Å². The van der Waals surface area contributed by atoms with E-state index < -0.39 is 0 Å². The summed E-state index contributed by atoms with van der Waals surface area (Å²) >= 11 is 0. The molecule has 0 fully saturated rings. The molecule has 0 unspecified atom stereocenters. The first-order valence-corrected chi connectivity index (χ1v) is 6.17. The number of carbonyl (C=O) groups excluding carboxylic acids is 1. The van der Waals surface area contributed by atoms with Crippen molar-refractivity contribution >= 4 is 16.9 Å². The molecule has 0 aliphatic rings. The lowest BCUT2D eigenvalue weighted by atomic mass is 9.95. The summed E-state index contributed by atoms with van der Waals surface area (Å²) in [5.74, 6) is 0.0124. The van der Waals surface area contributed by atoms with Crippen molar-refractivity contribution in [3.63, 3.8) is 0 Å². The van der Waals surface area contributed by atoms with Gasteiger partial charge >= 0.3 is 5.97 Å². The molecule has 0 aliphatic heterocycles. The summed E-state index contributed by atoms with van der Waals surface area (Å²) in [4.78, 5) is 11.4. The first kappa shape index (κ1) is 12.7. The highest BCUT2D eigenvalue weighted by Gasteiger charge is 2.19. The smallest absolute Gasteiger partial charge is 0.306 e. The van der Waals surface area contributed by atoms with E-state index in [0.717, 1.165) is 0 Å². The Kier molecular flexibility index (Phi) is 3.41.